The van der Waals surface area contributed by atoms with Crippen molar-refractivity contribution >= 4 is 0 Å². The summed E-state index contributed by atoms with van der Waals surface area (Å²) in [6, 6.07) is 10.7. The van der Waals surface area contributed by atoms with E-state index < -0.39 is 0 Å². The van der Waals surface area contributed by atoms with Crippen LogP contribution in [0.2, 0.25) is 0 Å². The largest absolute Gasteiger partial charge is 0.310 e. The summed E-state index contributed by atoms with van der Waals surface area (Å²) in [5.74, 6) is -0.265. The van der Waals surface area contributed by atoms with E-state index in [1.807, 2.05) is 12.1 Å². The van der Waals surface area contributed by atoms with Gasteiger partial charge in [0.2, 0.25) is 0 Å². The molecule has 1 saturated carbocycles. The fourth-order valence-electron chi connectivity index (χ4n) is 2.62. The first-order chi connectivity index (χ1) is 10.7. The van der Waals surface area contributed by atoms with Gasteiger partial charge in [-0.1, -0.05) is 13.0 Å². The van der Waals surface area contributed by atoms with Crippen LogP contribution >= 0.6 is 0 Å². The van der Waals surface area contributed by atoms with Gasteiger partial charge in [0.1, 0.15) is 5.82 Å². The zero-order valence-corrected chi connectivity index (χ0v) is 12.8. The first kappa shape index (κ1) is 15.0. The average Bonchev–Trinajstić information content (AvgIpc) is 3.34. The number of benzene rings is 1. The molecule has 0 aliphatic heterocycles. The van der Waals surface area contributed by atoms with E-state index in [-0.39, 0.29) is 11.4 Å². The molecule has 22 heavy (non-hydrogen) atoms. The van der Waals surface area contributed by atoms with Crippen LogP contribution in [-0.4, -0.2) is 10.6 Å². The highest BCUT2D eigenvalue weighted by molar-refractivity contribution is 5.59. The quantitative estimate of drug-likeness (QED) is 0.888. The molecule has 1 fully saturated rings. The lowest BCUT2D eigenvalue weighted by molar-refractivity contribution is 0.626. The maximum Gasteiger partial charge on any atom is 0.255 e. The lowest BCUT2D eigenvalue weighted by atomic mass is 10.1. The van der Waals surface area contributed by atoms with Gasteiger partial charge >= 0.3 is 0 Å². The van der Waals surface area contributed by atoms with E-state index in [2.05, 4.69) is 12.2 Å². The second-order valence-electron chi connectivity index (χ2n) is 5.86. The molecule has 0 amide bonds. The Morgan fingerprint density at radius 2 is 1.91 bits per heavy atom. The number of hydrogen-bond donors (Lipinski definition) is 1. The number of halogens is 1. The molecule has 1 aliphatic carbocycles. The summed E-state index contributed by atoms with van der Waals surface area (Å²) in [6.45, 7) is 3.34. The van der Waals surface area contributed by atoms with Gasteiger partial charge in [0.25, 0.3) is 5.56 Å². The molecule has 1 N–H and O–H groups in total. The minimum atomic E-state index is -0.265. The minimum absolute atomic E-state index is 0.0526. The van der Waals surface area contributed by atoms with E-state index >= 15 is 0 Å². The van der Waals surface area contributed by atoms with E-state index in [0.29, 0.717) is 19.1 Å². The molecule has 1 aromatic carbocycles. The van der Waals surface area contributed by atoms with Crippen molar-refractivity contribution in [2.45, 2.75) is 45.3 Å². The van der Waals surface area contributed by atoms with Crippen molar-refractivity contribution in [3.63, 3.8) is 0 Å². The first-order valence-electron chi connectivity index (χ1n) is 7.91. The highest BCUT2D eigenvalue weighted by atomic mass is 19.1. The molecule has 0 atom stereocenters. The normalized spacial score (nSPS) is 14.3. The molecule has 3 nitrogen and oxygen atoms in total. The average molecular weight is 300 g/mol. The van der Waals surface area contributed by atoms with Crippen molar-refractivity contribution in [1.29, 1.82) is 0 Å². The van der Waals surface area contributed by atoms with Crippen molar-refractivity contribution in [3.05, 3.63) is 58.1 Å². The summed E-state index contributed by atoms with van der Waals surface area (Å²) in [6.07, 6.45) is 3.29. The number of nitrogens with one attached hydrogen (secondary N) is 1. The molecule has 0 saturated heterocycles. The minimum Gasteiger partial charge on any atom is -0.310 e. The van der Waals surface area contributed by atoms with Gasteiger partial charge in [0, 0.05) is 24.7 Å². The van der Waals surface area contributed by atoms with E-state index in [1.165, 1.54) is 25.0 Å². The van der Waals surface area contributed by atoms with Gasteiger partial charge in [-0.15, -0.1) is 0 Å². The fraction of sp³-hybridized carbons (Fsp3) is 0.389. The van der Waals surface area contributed by atoms with E-state index in [4.69, 9.17) is 0 Å². The molecule has 1 aromatic heterocycles. The number of hydrogen-bond acceptors (Lipinski definition) is 2. The van der Waals surface area contributed by atoms with Crippen LogP contribution in [-0.2, 0) is 13.1 Å². The fourth-order valence-corrected chi connectivity index (χ4v) is 2.62. The smallest absolute Gasteiger partial charge is 0.255 e. The molecule has 4 heteroatoms. The summed E-state index contributed by atoms with van der Waals surface area (Å²) in [5, 5.41) is 3.39. The predicted molar refractivity (Wildman–Crippen MR) is 86.2 cm³/mol. The lowest BCUT2D eigenvalue weighted by Gasteiger charge is -2.14. The Bertz CT molecular complexity index is 702. The van der Waals surface area contributed by atoms with Crippen molar-refractivity contribution in [2.24, 2.45) is 0 Å². The molecule has 1 aliphatic rings. The highest BCUT2D eigenvalue weighted by Crippen LogP contribution is 2.21. The van der Waals surface area contributed by atoms with Crippen LogP contribution in [0.15, 0.2) is 41.2 Å². The molecule has 0 radical (unpaired) electrons. The SMILES string of the molecule is CCCn1c(-c2ccc(F)cc2)ccc(CNC2CC2)c1=O. The van der Waals surface area contributed by atoms with Gasteiger partial charge in [0.05, 0.1) is 5.69 Å². The predicted octanol–water partition coefficient (Wildman–Crippen LogP) is 3.32. The zero-order chi connectivity index (χ0) is 15.5. The Balaban J connectivity index is 1.96. The monoisotopic (exact) mass is 300 g/mol. The van der Waals surface area contributed by atoms with Crippen molar-refractivity contribution in [2.75, 3.05) is 0 Å². The summed E-state index contributed by atoms with van der Waals surface area (Å²) in [7, 11) is 0. The Labute approximate surface area is 129 Å². The van der Waals surface area contributed by atoms with Crippen LogP contribution < -0.4 is 10.9 Å². The van der Waals surface area contributed by atoms with Crippen molar-refractivity contribution in [3.8, 4) is 11.3 Å². The summed E-state index contributed by atoms with van der Waals surface area (Å²) < 4.78 is 14.9. The molecule has 1 heterocycles. The topological polar surface area (TPSA) is 34.0 Å². The number of nitrogens with zero attached hydrogens (tertiary/aromatic N) is 1. The van der Waals surface area contributed by atoms with Crippen LogP contribution in [0, 0.1) is 5.82 Å². The number of aromatic nitrogens is 1. The summed E-state index contributed by atoms with van der Waals surface area (Å²) >= 11 is 0. The van der Waals surface area contributed by atoms with Gasteiger partial charge in [-0.3, -0.25) is 4.79 Å². The van der Waals surface area contributed by atoms with Crippen LogP contribution in [0.4, 0.5) is 4.39 Å². The Morgan fingerprint density at radius 3 is 2.55 bits per heavy atom. The van der Waals surface area contributed by atoms with Crippen LogP contribution in [0.5, 0.6) is 0 Å². The number of pyridine rings is 1. The third kappa shape index (κ3) is 3.28. The molecule has 0 unspecified atom stereocenters. The zero-order valence-electron chi connectivity index (χ0n) is 12.8. The molecule has 3 rings (SSSR count). The second-order valence-corrected chi connectivity index (χ2v) is 5.86. The third-order valence-corrected chi connectivity index (χ3v) is 4.00. The molecular weight excluding hydrogens is 279 g/mol. The van der Waals surface area contributed by atoms with Gasteiger partial charge in [-0.05, 0) is 55.2 Å². The van der Waals surface area contributed by atoms with Crippen molar-refractivity contribution in [1.82, 2.24) is 9.88 Å². The van der Waals surface area contributed by atoms with Crippen molar-refractivity contribution < 1.29 is 4.39 Å². The first-order valence-corrected chi connectivity index (χ1v) is 7.91. The molecule has 116 valence electrons. The van der Waals surface area contributed by atoms with Gasteiger partial charge in [0.15, 0.2) is 0 Å². The van der Waals surface area contributed by atoms with Gasteiger partial charge in [-0.25, -0.2) is 4.39 Å². The lowest BCUT2D eigenvalue weighted by Crippen LogP contribution is -2.28. The van der Waals surface area contributed by atoms with E-state index in [0.717, 1.165) is 23.2 Å². The Morgan fingerprint density at radius 1 is 1.18 bits per heavy atom. The second kappa shape index (κ2) is 6.44. The molecule has 2 aromatic rings. The maximum absolute atomic E-state index is 13.1. The standard InChI is InChI=1S/C18H21FN2O/c1-2-11-21-17(13-3-6-15(19)7-4-13)10-5-14(18(21)22)12-20-16-8-9-16/h3-7,10,16,20H,2,8-9,11-12H2,1H3. The summed E-state index contributed by atoms with van der Waals surface area (Å²) in [4.78, 5) is 12.7. The summed E-state index contributed by atoms with van der Waals surface area (Å²) in [5.41, 5.74) is 2.57. The highest BCUT2D eigenvalue weighted by Gasteiger charge is 2.21. The Hall–Kier alpha value is -1.94. The molecule has 0 bridgehead atoms. The van der Waals surface area contributed by atoms with Crippen LogP contribution in [0.3, 0.4) is 0 Å². The van der Waals surface area contributed by atoms with Crippen LogP contribution in [0.1, 0.15) is 31.7 Å². The van der Waals surface area contributed by atoms with Gasteiger partial charge in [-0.2, -0.15) is 0 Å². The van der Waals surface area contributed by atoms with E-state index in [9.17, 15) is 9.18 Å². The Kier molecular flexibility index (Phi) is 4.39. The number of rotatable bonds is 6. The molecule has 0 spiro atoms. The maximum atomic E-state index is 13.1. The van der Waals surface area contributed by atoms with Crippen LogP contribution in [0.25, 0.3) is 11.3 Å². The third-order valence-electron chi connectivity index (χ3n) is 4.00. The van der Waals surface area contributed by atoms with Gasteiger partial charge < -0.3 is 9.88 Å². The molecular formula is C18H21FN2O. The van der Waals surface area contributed by atoms with E-state index in [1.54, 1.807) is 16.7 Å².